The molecule has 0 aromatic heterocycles. The van der Waals surface area contributed by atoms with Crippen LogP contribution in [0, 0.1) is 0 Å². The number of rotatable bonds is 3. The Kier molecular flexibility index (Phi) is 6.43. The SMILES string of the molecule is FC(F)(F)c1cc[c]([Bi+2]([c]2ccc(C(F)(F)F)cc2)[c]2ccc(C(F)(F)F)cc2)cc1. The van der Waals surface area contributed by atoms with Gasteiger partial charge in [-0.1, -0.05) is 0 Å². The summed E-state index contributed by atoms with van der Waals surface area (Å²) in [4.78, 5) is 0. The first-order valence-electron chi connectivity index (χ1n) is 8.59. The summed E-state index contributed by atoms with van der Waals surface area (Å²) in [6, 6.07) is 12.7. The van der Waals surface area contributed by atoms with E-state index < -0.39 is 57.0 Å². The zero-order valence-electron chi connectivity index (χ0n) is 15.3. The molecule has 0 amide bonds. The summed E-state index contributed by atoms with van der Waals surface area (Å²) in [6.07, 6.45) is -13.7. The third-order valence-electron chi connectivity index (χ3n) is 4.36. The van der Waals surface area contributed by atoms with Crippen LogP contribution in [-0.4, -0.2) is 21.8 Å². The Morgan fingerprint density at radius 2 is 0.548 bits per heavy atom. The van der Waals surface area contributed by atoms with Gasteiger partial charge in [0.2, 0.25) is 0 Å². The number of benzene rings is 3. The van der Waals surface area contributed by atoms with E-state index in [9.17, 15) is 39.5 Å². The Hall–Kier alpha value is -2.09. The van der Waals surface area contributed by atoms with Gasteiger partial charge in [-0.3, -0.25) is 0 Å². The van der Waals surface area contributed by atoms with Crippen molar-refractivity contribution in [1.29, 1.82) is 0 Å². The molecule has 10 heteroatoms. The molecule has 0 aliphatic rings. The van der Waals surface area contributed by atoms with Crippen LogP contribution in [0.3, 0.4) is 0 Å². The van der Waals surface area contributed by atoms with Crippen LogP contribution in [0.25, 0.3) is 0 Å². The second kappa shape index (κ2) is 8.45. The van der Waals surface area contributed by atoms with Gasteiger partial charge in [0.1, 0.15) is 0 Å². The molecule has 0 saturated heterocycles. The van der Waals surface area contributed by atoms with Gasteiger partial charge in [0.05, 0.1) is 0 Å². The van der Waals surface area contributed by atoms with Crippen LogP contribution in [-0.2, 0) is 18.5 Å². The summed E-state index contributed by atoms with van der Waals surface area (Å²) >= 11 is -3.46. The van der Waals surface area contributed by atoms with Crippen molar-refractivity contribution in [2.45, 2.75) is 18.5 Å². The van der Waals surface area contributed by atoms with Gasteiger partial charge in [0.25, 0.3) is 0 Å². The van der Waals surface area contributed by atoms with Crippen molar-refractivity contribution in [3.05, 3.63) is 89.5 Å². The van der Waals surface area contributed by atoms with E-state index in [-0.39, 0.29) is 0 Å². The zero-order valence-corrected chi connectivity index (χ0v) is 18.8. The molecule has 162 valence electrons. The van der Waals surface area contributed by atoms with Gasteiger partial charge in [-0.05, 0) is 0 Å². The van der Waals surface area contributed by atoms with Gasteiger partial charge in [0, 0.05) is 0 Å². The van der Waals surface area contributed by atoms with Crippen molar-refractivity contribution < 1.29 is 39.5 Å². The molecule has 0 spiro atoms. The Bertz CT molecular complexity index is 877. The first kappa shape index (κ1) is 23.6. The van der Waals surface area contributed by atoms with Crippen molar-refractivity contribution in [1.82, 2.24) is 0 Å². The quantitative estimate of drug-likeness (QED) is 0.270. The minimum atomic E-state index is -4.56. The van der Waals surface area contributed by atoms with Gasteiger partial charge < -0.3 is 0 Å². The van der Waals surface area contributed by atoms with Crippen molar-refractivity contribution >= 4 is 31.6 Å². The van der Waals surface area contributed by atoms with E-state index in [4.69, 9.17) is 0 Å². The van der Waals surface area contributed by atoms with E-state index in [1.807, 2.05) is 0 Å². The van der Waals surface area contributed by atoms with Crippen LogP contribution in [0.5, 0.6) is 0 Å². The molecular formula is C21H12BiF9+2. The van der Waals surface area contributed by atoms with Gasteiger partial charge in [-0.2, -0.15) is 0 Å². The molecule has 0 fully saturated rings. The Labute approximate surface area is 179 Å². The molecule has 0 N–H and O–H groups in total. The summed E-state index contributed by atoms with van der Waals surface area (Å²) in [5.74, 6) is 0. The van der Waals surface area contributed by atoms with Crippen molar-refractivity contribution in [2.24, 2.45) is 0 Å². The molecule has 0 nitrogen and oxygen atoms in total. The topological polar surface area (TPSA) is 0 Å². The van der Waals surface area contributed by atoms with Crippen LogP contribution in [0.15, 0.2) is 72.8 Å². The van der Waals surface area contributed by atoms with E-state index in [0.717, 1.165) is 36.4 Å². The molecule has 0 unspecified atom stereocenters. The normalized spacial score (nSPS) is 12.7. The van der Waals surface area contributed by atoms with Gasteiger partial charge in [-0.15, -0.1) is 0 Å². The molecule has 3 aromatic rings. The fourth-order valence-corrected chi connectivity index (χ4v) is 11.5. The molecule has 31 heavy (non-hydrogen) atoms. The molecule has 0 bridgehead atoms. The predicted octanol–water partition coefficient (Wildman–Crippen LogP) is 5.26. The van der Waals surface area contributed by atoms with E-state index in [1.165, 1.54) is 36.4 Å². The van der Waals surface area contributed by atoms with Crippen molar-refractivity contribution in [3.63, 3.8) is 0 Å². The number of hydrogen-bond acceptors (Lipinski definition) is 0. The summed E-state index contributed by atoms with van der Waals surface area (Å²) in [7, 11) is 0. The third-order valence-corrected chi connectivity index (χ3v) is 13.9. The molecule has 0 atom stereocenters. The van der Waals surface area contributed by atoms with Crippen molar-refractivity contribution in [3.8, 4) is 0 Å². The number of hydrogen-bond donors (Lipinski definition) is 0. The maximum absolute atomic E-state index is 12.9. The summed E-state index contributed by atoms with van der Waals surface area (Å²) in [6.45, 7) is 0. The molecule has 0 saturated carbocycles. The van der Waals surface area contributed by atoms with Crippen molar-refractivity contribution in [2.75, 3.05) is 0 Å². The number of alkyl halides is 9. The van der Waals surface area contributed by atoms with Crippen LogP contribution >= 0.6 is 0 Å². The Morgan fingerprint density at radius 1 is 0.355 bits per heavy atom. The van der Waals surface area contributed by atoms with E-state index in [0.29, 0.717) is 9.81 Å². The first-order chi connectivity index (χ1) is 14.3. The first-order valence-corrected chi connectivity index (χ1v) is 13.8. The molecule has 0 aliphatic carbocycles. The molecule has 0 heterocycles. The Morgan fingerprint density at radius 3 is 0.710 bits per heavy atom. The second-order valence-corrected chi connectivity index (χ2v) is 15.1. The minimum absolute atomic E-state index is 0.488. The van der Waals surface area contributed by atoms with E-state index in [1.54, 1.807) is 0 Å². The van der Waals surface area contributed by atoms with Gasteiger partial charge in [0.15, 0.2) is 0 Å². The van der Waals surface area contributed by atoms with Gasteiger partial charge in [-0.25, -0.2) is 0 Å². The summed E-state index contributed by atoms with van der Waals surface area (Å²) in [5.41, 5.74) is -2.67. The Balaban J connectivity index is 2.08. The zero-order chi connectivity index (χ0) is 23.0. The molecule has 0 radical (unpaired) electrons. The standard InChI is InChI=1S/3C7H4F3.Bi/c3*8-7(9,10)6-4-2-1-3-5-6;/h3*2-5H;/q;;;+2. The third kappa shape index (κ3) is 5.59. The van der Waals surface area contributed by atoms with E-state index >= 15 is 0 Å². The molecule has 3 rings (SSSR count). The molecular weight excluding hydrogens is 632 g/mol. The predicted molar refractivity (Wildman–Crippen MR) is 99.0 cm³/mol. The maximum atomic E-state index is 12.9. The van der Waals surface area contributed by atoms with Crippen LogP contribution < -0.4 is 9.81 Å². The number of halogens is 9. The fraction of sp³-hybridized carbons (Fsp3) is 0.143. The second-order valence-electron chi connectivity index (χ2n) is 6.47. The average Bonchev–Trinajstić information content (AvgIpc) is 2.67. The summed E-state index contributed by atoms with van der Waals surface area (Å²) < 4.78 is 117. The average molecular weight is 644 g/mol. The van der Waals surface area contributed by atoms with Crippen LogP contribution in [0.4, 0.5) is 39.5 Å². The van der Waals surface area contributed by atoms with Crippen LogP contribution in [0.1, 0.15) is 16.7 Å². The fourth-order valence-electron chi connectivity index (χ4n) is 2.85. The monoisotopic (exact) mass is 644 g/mol. The van der Waals surface area contributed by atoms with Crippen LogP contribution in [0.2, 0.25) is 0 Å². The van der Waals surface area contributed by atoms with E-state index in [2.05, 4.69) is 0 Å². The molecule has 3 aromatic carbocycles. The van der Waals surface area contributed by atoms with Gasteiger partial charge >= 0.3 is 179 Å². The molecule has 0 aliphatic heterocycles. The summed E-state index contributed by atoms with van der Waals surface area (Å²) in [5, 5.41) is 0.